The Balaban J connectivity index is 2.06. The zero-order chi connectivity index (χ0) is 8.39. The first-order valence-corrected chi connectivity index (χ1v) is 4.31. The van der Waals surface area contributed by atoms with Gasteiger partial charge in [0.15, 0.2) is 0 Å². The monoisotopic (exact) mass is 183 g/mol. The van der Waals surface area contributed by atoms with Gasteiger partial charge in [-0.05, 0) is 6.07 Å². The van der Waals surface area contributed by atoms with Gasteiger partial charge in [-0.25, -0.2) is 0 Å². The first-order valence-electron chi connectivity index (χ1n) is 3.93. The number of rotatable bonds is 2. The Hall–Kier alpha value is -0.800. The first kappa shape index (κ1) is 7.83. The summed E-state index contributed by atoms with van der Waals surface area (Å²) in [6.45, 7) is 2.03. The van der Waals surface area contributed by atoms with Crippen molar-refractivity contribution in [3.05, 3.63) is 23.5 Å². The van der Waals surface area contributed by atoms with Crippen LogP contribution in [0.1, 0.15) is 0 Å². The van der Waals surface area contributed by atoms with Crippen LogP contribution in [0.15, 0.2) is 18.5 Å². The minimum atomic E-state index is 0.518. The van der Waals surface area contributed by atoms with Crippen molar-refractivity contribution in [1.29, 1.82) is 0 Å². The highest BCUT2D eigenvalue weighted by Crippen LogP contribution is 2.20. The van der Waals surface area contributed by atoms with E-state index in [1.165, 1.54) is 0 Å². The summed E-state index contributed by atoms with van der Waals surface area (Å²) in [6, 6.07) is 2.41. The largest absolute Gasteiger partial charge is 0.378 e. The van der Waals surface area contributed by atoms with Crippen molar-refractivity contribution in [1.82, 2.24) is 10.3 Å². The van der Waals surface area contributed by atoms with Crippen LogP contribution < -0.4 is 10.6 Å². The van der Waals surface area contributed by atoms with Gasteiger partial charge in [-0.1, -0.05) is 11.6 Å². The van der Waals surface area contributed by atoms with Crippen molar-refractivity contribution >= 4 is 17.3 Å². The van der Waals surface area contributed by atoms with E-state index in [1.54, 1.807) is 12.4 Å². The summed E-state index contributed by atoms with van der Waals surface area (Å²) in [7, 11) is 0. The molecule has 4 heteroatoms. The molecule has 0 unspecified atom stereocenters. The van der Waals surface area contributed by atoms with E-state index in [2.05, 4.69) is 15.6 Å². The van der Waals surface area contributed by atoms with Crippen LogP contribution in [0.2, 0.25) is 5.02 Å². The van der Waals surface area contributed by atoms with Gasteiger partial charge in [0.1, 0.15) is 0 Å². The van der Waals surface area contributed by atoms with Crippen LogP contribution in [-0.2, 0) is 0 Å². The number of hydrogen-bond acceptors (Lipinski definition) is 3. The number of pyridine rings is 1. The average Bonchev–Trinajstić information content (AvgIpc) is 2.00. The van der Waals surface area contributed by atoms with E-state index in [0.717, 1.165) is 18.8 Å². The van der Waals surface area contributed by atoms with Gasteiger partial charge < -0.3 is 10.6 Å². The smallest absolute Gasteiger partial charge is 0.0820 e. The lowest BCUT2D eigenvalue weighted by Crippen LogP contribution is -2.51. The maximum Gasteiger partial charge on any atom is 0.0820 e. The molecule has 0 bridgehead atoms. The Morgan fingerprint density at radius 1 is 1.58 bits per heavy atom. The molecule has 0 aromatic carbocycles. The van der Waals surface area contributed by atoms with E-state index >= 15 is 0 Å². The molecular weight excluding hydrogens is 174 g/mol. The fraction of sp³-hybridized carbons (Fsp3) is 0.375. The molecule has 12 heavy (non-hydrogen) atoms. The second-order valence-corrected chi connectivity index (χ2v) is 3.26. The van der Waals surface area contributed by atoms with Crippen molar-refractivity contribution in [3.63, 3.8) is 0 Å². The molecular formula is C8H10ClN3. The van der Waals surface area contributed by atoms with E-state index in [0.29, 0.717) is 11.1 Å². The predicted octanol–water partition coefficient (Wildman–Crippen LogP) is 1.12. The molecule has 3 nitrogen and oxygen atoms in total. The minimum Gasteiger partial charge on any atom is -0.378 e. The lowest BCUT2D eigenvalue weighted by atomic mass is 10.2. The minimum absolute atomic E-state index is 0.518. The highest BCUT2D eigenvalue weighted by Gasteiger charge is 2.16. The Kier molecular flexibility index (Phi) is 2.15. The van der Waals surface area contributed by atoms with Crippen molar-refractivity contribution in [3.8, 4) is 0 Å². The maximum atomic E-state index is 5.90. The molecule has 2 heterocycles. The second-order valence-electron chi connectivity index (χ2n) is 2.86. The number of halogens is 1. The van der Waals surface area contributed by atoms with Gasteiger partial charge in [0.05, 0.1) is 16.8 Å². The number of nitrogens with zero attached hydrogens (tertiary/aromatic N) is 1. The topological polar surface area (TPSA) is 37.0 Å². The van der Waals surface area contributed by atoms with E-state index < -0.39 is 0 Å². The summed E-state index contributed by atoms with van der Waals surface area (Å²) in [6.07, 6.45) is 3.39. The standard InChI is InChI=1S/C8H10ClN3/c9-7-5-10-2-1-8(7)12-6-3-11-4-6/h1-2,5-6,11H,3-4H2,(H,10,12). The zero-order valence-electron chi connectivity index (χ0n) is 6.55. The predicted molar refractivity (Wildman–Crippen MR) is 49.5 cm³/mol. The van der Waals surface area contributed by atoms with Gasteiger partial charge in [0, 0.05) is 25.5 Å². The molecule has 0 amide bonds. The third kappa shape index (κ3) is 1.52. The summed E-state index contributed by atoms with van der Waals surface area (Å²) in [5.41, 5.74) is 0.971. The molecule has 1 aromatic rings. The van der Waals surface area contributed by atoms with Crippen molar-refractivity contribution in [2.75, 3.05) is 18.4 Å². The van der Waals surface area contributed by atoms with Crippen LogP contribution in [0, 0.1) is 0 Å². The van der Waals surface area contributed by atoms with Gasteiger partial charge in [0.2, 0.25) is 0 Å². The highest BCUT2D eigenvalue weighted by molar-refractivity contribution is 6.33. The molecule has 0 spiro atoms. The second kappa shape index (κ2) is 3.29. The summed E-state index contributed by atoms with van der Waals surface area (Å²) in [4.78, 5) is 3.91. The van der Waals surface area contributed by atoms with Crippen LogP contribution in [0.4, 0.5) is 5.69 Å². The van der Waals surface area contributed by atoms with Gasteiger partial charge >= 0.3 is 0 Å². The fourth-order valence-corrected chi connectivity index (χ4v) is 1.28. The maximum absolute atomic E-state index is 5.90. The lowest BCUT2D eigenvalue weighted by Gasteiger charge is -2.29. The van der Waals surface area contributed by atoms with Gasteiger partial charge in [0.25, 0.3) is 0 Å². The average molecular weight is 184 g/mol. The molecule has 2 N–H and O–H groups in total. The van der Waals surface area contributed by atoms with Crippen LogP contribution in [0.25, 0.3) is 0 Å². The molecule has 1 saturated heterocycles. The third-order valence-electron chi connectivity index (χ3n) is 1.91. The SMILES string of the molecule is Clc1cnccc1NC1CNC1. The molecule has 2 rings (SSSR count). The van der Waals surface area contributed by atoms with Gasteiger partial charge in [-0.15, -0.1) is 0 Å². The van der Waals surface area contributed by atoms with E-state index in [9.17, 15) is 0 Å². The van der Waals surface area contributed by atoms with Crippen molar-refractivity contribution in [2.24, 2.45) is 0 Å². The zero-order valence-corrected chi connectivity index (χ0v) is 7.30. The Morgan fingerprint density at radius 3 is 3.00 bits per heavy atom. The van der Waals surface area contributed by atoms with Gasteiger partial charge in [-0.2, -0.15) is 0 Å². The molecule has 1 aromatic heterocycles. The first-order chi connectivity index (χ1) is 5.86. The third-order valence-corrected chi connectivity index (χ3v) is 2.21. The van der Waals surface area contributed by atoms with E-state index in [1.807, 2.05) is 6.07 Å². The molecule has 0 atom stereocenters. The quantitative estimate of drug-likeness (QED) is 0.722. The lowest BCUT2D eigenvalue weighted by molar-refractivity contribution is 0.472. The highest BCUT2D eigenvalue weighted by atomic mass is 35.5. The fourth-order valence-electron chi connectivity index (χ4n) is 1.10. The Labute approximate surface area is 76.1 Å². The van der Waals surface area contributed by atoms with E-state index in [-0.39, 0.29) is 0 Å². The molecule has 1 fully saturated rings. The Morgan fingerprint density at radius 2 is 2.42 bits per heavy atom. The molecule has 0 aliphatic carbocycles. The number of anilines is 1. The Bertz CT molecular complexity index is 273. The number of aromatic nitrogens is 1. The molecule has 1 aliphatic rings. The van der Waals surface area contributed by atoms with E-state index in [4.69, 9.17) is 11.6 Å². The van der Waals surface area contributed by atoms with Gasteiger partial charge in [-0.3, -0.25) is 4.98 Å². The molecule has 64 valence electrons. The van der Waals surface area contributed by atoms with Crippen molar-refractivity contribution in [2.45, 2.75) is 6.04 Å². The molecule has 1 aliphatic heterocycles. The van der Waals surface area contributed by atoms with Crippen LogP contribution in [0.3, 0.4) is 0 Å². The summed E-state index contributed by atoms with van der Waals surface area (Å²) in [5.74, 6) is 0. The molecule has 0 saturated carbocycles. The molecule has 0 radical (unpaired) electrons. The van der Waals surface area contributed by atoms with Crippen molar-refractivity contribution < 1.29 is 0 Å². The summed E-state index contributed by atoms with van der Waals surface area (Å²) in [5, 5.41) is 7.18. The van der Waals surface area contributed by atoms with Crippen LogP contribution in [0.5, 0.6) is 0 Å². The van der Waals surface area contributed by atoms with Crippen LogP contribution >= 0.6 is 11.6 Å². The normalized spacial score (nSPS) is 17.1. The summed E-state index contributed by atoms with van der Waals surface area (Å²) < 4.78 is 0. The summed E-state index contributed by atoms with van der Waals surface area (Å²) >= 11 is 5.90. The number of nitrogens with one attached hydrogen (secondary N) is 2. The number of hydrogen-bond donors (Lipinski definition) is 2. The van der Waals surface area contributed by atoms with Crippen LogP contribution in [-0.4, -0.2) is 24.1 Å².